The average molecular weight is 192 g/mol. The van der Waals surface area contributed by atoms with Crippen molar-refractivity contribution < 1.29 is 4.79 Å². The first kappa shape index (κ1) is 15.1. The maximum atomic E-state index is 11.1. The van der Waals surface area contributed by atoms with E-state index in [0.29, 0.717) is 0 Å². The van der Waals surface area contributed by atoms with Crippen LogP contribution in [0.5, 0.6) is 0 Å². The summed E-state index contributed by atoms with van der Waals surface area (Å²) in [6.07, 6.45) is 3.74. The number of carbonyl (C=O) groups is 1. The van der Waals surface area contributed by atoms with Crippen molar-refractivity contribution in [3.05, 3.63) is 48.6 Å². The van der Waals surface area contributed by atoms with Crippen molar-refractivity contribution in [2.45, 2.75) is 27.7 Å². The molecule has 0 bridgehead atoms. The smallest absolute Gasteiger partial charge is 0.160 e. The van der Waals surface area contributed by atoms with E-state index in [1.165, 1.54) is 0 Å². The molecule has 0 aromatic carbocycles. The van der Waals surface area contributed by atoms with Crippen molar-refractivity contribution in [2.75, 3.05) is 0 Å². The molecule has 0 saturated heterocycles. The van der Waals surface area contributed by atoms with Crippen molar-refractivity contribution in [3.63, 3.8) is 0 Å². The molecule has 0 radical (unpaired) electrons. The first-order valence-electron chi connectivity index (χ1n) is 4.50. The summed E-state index contributed by atoms with van der Waals surface area (Å²) in [5, 5.41) is 0. The van der Waals surface area contributed by atoms with E-state index in [4.69, 9.17) is 0 Å². The molecule has 14 heavy (non-hydrogen) atoms. The molecule has 0 spiro atoms. The van der Waals surface area contributed by atoms with Crippen molar-refractivity contribution in [1.82, 2.24) is 0 Å². The highest BCUT2D eigenvalue weighted by Crippen LogP contribution is 2.12. The van der Waals surface area contributed by atoms with E-state index < -0.39 is 0 Å². The molecule has 0 aromatic heterocycles. The van der Waals surface area contributed by atoms with Crippen LogP contribution in [0, 0.1) is 0 Å². The van der Waals surface area contributed by atoms with E-state index in [9.17, 15) is 4.79 Å². The first-order valence-corrected chi connectivity index (χ1v) is 4.50. The minimum atomic E-state index is 0.0913. The normalized spacial score (nSPS) is 11.4. The van der Waals surface area contributed by atoms with Gasteiger partial charge in [-0.1, -0.05) is 18.2 Å². The zero-order chi connectivity index (χ0) is 11.7. The Morgan fingerprint density at radius 1 is 1.14 bits per heavy atom. The highest BCUT2D eigenvalue weighted by atomic mass is 16.1. The number of carbonyl (C=O) groups excluding carboxylic acids is 1. The van der Waals surface area contributed by atoms with Crippen molar-refractivity contribution in [1.29, 1.82) is 0 Å². The summed E-state index contributed by atoms with van der Waals surface area (Å²) in [6.45, 7) is 17.0. The van der Waals surface area contributed by atoms with E-state index >= 15 is 0 Å². The molecule has 0 aromatic rings. The molecule has 1 heteroatoms. The van der Waals surface area contributed by atoms with Gasteiger partial charge in [0.2, 0.25) is 0 Å². The lowest BCUT2D eigenvalue weighted by Crippen LogP contribution is -1.98. The number of ketones is 1. The topological polar surface area (TPSA) is 17.1 Å². The summed E-state index contributed by atoms with van der Waals surface area (Å²) in [4.78, 5) is 11.1. The Labute approximate surface area is 87.5 Å². The summed E-state index contributed by atoms with van der Waals surface area (Å²) in [5.41, 5.74) is 2.66. The van der Waals surface area contributed by atoms with Gasteiger partial charge in [-0.05, 0) is 39.3 Å². The van der Waals surface area contributed by atoms with Gasteiger partial charge in [0.05, 0.1) is 0 Å². The maximum absolute atomic E-state index is 11.1. The first-order chi connectivity index (χ1) is 6.49. The molecule has 0 aliphatic heterocycles. The predicted octanol–water partition coefficient (Wildman–Crippen LogP) is 3.85. The van der Waals surface area contributed by atoms with E-state index in [2.05, 4.69) is 19.7 Å². The largest absolute Gasteiger partial charge is 0.295 e. The Kier molecular flexibility index (Phi) is 8.90. The van der Waals surface area contributed by atoms with Crippen molar-refractivity contribution >= 4 is 5.78 Å². The third-order valence-corrected chi connectivity index (χ3v) is 1.63. The summed E-state index contributed by atoms with van der Waals surface area (Å²) >= 11 is 0. The lowest BCUT2D eigenvalue weighted by molar-refractivity contribution is -0.113. The van der Waals surface area contributed by atoms with E-state index in [0.717, 1.165) is 16.7 Å². The second-order valence-electron chi connectivity index (χ2n) is 2.93. The zero-order valence-electron chi connectivity index (χ0n) is 9.68. The Balaban J connectivity index is 0. The third kappa shape index (κ3) is 6.18. The molecule has 0 aliphatic carbocycles. The van der Waals surface area contributed by atoms with Crippen molar-refractivity contribution in [2.24, 2.45) is 0 Å². The highest BCUT2D eigenvalue weighted by molar-refractivity contribution is 5.97. The molecule has 0 fully saturated rings. The molecule has 0 heterocycles. The van der Waals surface area contributed by atoms with Gasteiger partial charge in [0.1, 0.15) is 0 Å². The molecule has 0 atom stereocenters. The van der Waals surface area contributed by atoms with Crippen LogP contribution in [0.2, 0.25) is 0 Å². The summed E-state index contributed by atoms with van der Waals surface area (Å²) in [7, 11) is 0. The number of hydrogen-bond donors (Lipinski definition) is 0. The highest BCUT2D eigenvalue weighted by Gasteiger charge is 2.04. The van der Waals surface area contributed by atoms with Crippen LogP contribution in [0.15, 0.2) is 48.6 Å². The van der Waals surface area contributed by atoms with Gasteiger partial charge in [0.25, 0.3) is 0 Å². The molecule has 78 valence electrons. The predicted molar refractivity (Wildman–Crippen MR) is 64.3 cm³/mol. The standard InChI is InChI=1S/C11H16O.C2H4/c1-6-9(4)11(10(5)12)7-8(2)3;1-2/h6-7H,2H2,1,3-5H3;1-2H2/b9-6-,11-7+;. The number of rotatable bonds is 3. The lowest BCUT2D eigenvalue weighted by Gasteiger charge is -2.02. The molecule has 0 amide bonds. The van der Waals surface area contributed by atoms with Gasteiger partial charge in [0, 0.05) is 5.57 Å². The number of Topliss-reactive ketones (excluding diaryl/α,β-unsaturated/α-hetero) is 1. The Morgan fingerprint density at radius 2 is 1.57 bits per heavy atom. The van der Waals surface area contributed by atoms with Gasteiger partial charge in [-0.15, -0.1) is 13.2 Å². The van der Waals surface area contributed by atoms with Crippen LogP contribution >= 0.6 is 0 Å². The Morgan fingerprint density at radius 3 is 1.79 bits per heavy atom. The third-order valence-electron chi connectivity index (χ3n) is 1.63. The van der Waals surface area contributed by atoms with E-state index in [1.807, 2.05) is 32.9 Å². The fourth-order valence-corrected chi connectivity index (χ4v) is 0.895. The molecular weight excluding hydrogens is 172 g/mol. The average Bonchev–Trinajstić information content (AvgIpc) is 2.15. The van der Waals surface area contributed by atoms with Crippen molar-refractivity contribution in [3.8, 4) is 0 Å². The lowest BCUT2D eigenvalue weighted by atomic mass is 10.0. The number of hydrogen-bond acceptors (Lipinski definition) is 1. The van der Waals surface area contributed by atoms with Gasteiger partial charge < -0.3 is 0 Å². The monoisotopic (exact) mass is 192 g/mol. The Hall–Kier alpha value is -1.37. The molecule has 0 unspecified atom stereocenters. The van der Waals surface area contributed by atoms with Crippen LogP contribution < -0.4 is 0 Å². The van der Waals surface area contributed by atoms with Crippen LogP contribution in [0.3, 0.4) is 0 Å². The molecule has 0 saturated carbocycles. The maximum Gasteiger partial charge on any atom is 0.160 e. The fourth-order valence-electron chi connectivity index (χ4n) is 0.895. The van der Waals surface area contributed by atoms with Gasteiger partial charge >= 0.3 is 0 Å². The van der Waals surface area contributed by atoms with Crippen LogP contribution in [-0.4, -0.2) is 5.78 Å². The molecule has 0 rings (SSSR count). The van der Waals surface area contributed by atoms with Gasteiger partial charge in [-0.3, -0.25) is 4.79 Å². The summed E-state index contributed by atoms with van der Waals surface area (Å²) in [6, 6.07) is 0. The van der Waals surface area contributed by atoms with Gasteiger partial charge in [0.15, 0.2) is 5.78 Å². The number of allylic oxidation sites excluding steroid dienone is 5. The second kappa shape index (κ2) is 8.24. The minimum absolute atomic E-state index is 0.0913. The van der Waals surface area contributed by atoms with Crippen LogP contribution in [0.1, 0.15) is 27.7 Å². The Bertz CT molecular complexity index is 267. The van der Waals surface area contributed by atoms with Gasteiger partial charge in [-0.25, -0.2) is 0 Å². The molecule has 1 nitrogen and oxygen atoms in total. The van der Waals surface area contributed by atoms with Crippen LogP contribution in [0.25, 0.3) is 0 Å². The van der Waals surface area contributed by atoms with Crippen LogP contribution in [-0.2, 0) is 4.79 Å². The zero-order valence-corrected chi connectivity index (χ0v) is 9.68. The second-order valence-corrected chi connectivity index (χ2v) is 2.93. The van der Waals surface area contributed by atoms with E-state index in [1.54, 1.807) is 6.92 Å². The minimum Gasteiger partial charge on any atom is -0.295 e. The fraction of sp³-hybridized carbons (Fsp3) is 0.308. The van der Waals surface area contributed by atoms with E-state index in [-0.39, 0.29) is 5.78 Å². The van der Waals surface area contributed by atoms with Gasteiger partial charge in [-0.2, -0.15) is 0 Å². The SMILES string of the molecule is C=C.C=C(C)/C=C(C(C)=O)\C(C)=C/C. The summed E-state index contributed by atoms with van der Waals surface area (Å²) in [5.74, 6) is 0.0913. The molecule has 0 aliphatic rings. The van der Waals surface area contributed by atoms with Crippen LogP contribution in [0.4, 0.5) is 0 Å². The summed E-state index contributed by atoms with van der Waals surface area (Å²) < 4.78 is 0. The quantitative estimate of drug-likeness (QED) is 0.377. The molecular formula is C13H20O. The molecule has 0 N–H and O–H groups in total.